The van der Waals surface area contributed by atoms with Gasteiger partial charge in [0.05, 0.1) is 12.6 Å². The summed E-state index contributed by atoms with van der Waals surface area (Å²) in [6, 6.07) is 4.95. The molecule has 0 aromatic carbocycles. The van der Waals surface area contributed by atoms with Gasteiger partial charge in [-0.15, -0.1) is 0 Å². The Balaban J connectivity index is 2.10. The van der Waals surface area contributed by atoms with Crippen molar-refractivity contribution < 1.29 is 14.7 Å². The lowest BCUT2D eigenvalue weighted by molar-refractivity contribution is -0.137. The molecule has 22 heavy (non-hydrogen) atoms. The number of aryl methyl sites for hydroxylation is 1. The normalized spacial score (nSPS) is 10.3. The number of anilines is 1. The van der Waals surface area contributed by atoms with Gasteiger partial charge in [-0.2, -0.15) is 9.78 Å². The van der Waals surface area contributed by atoms with Crippen molar-refractivity contribution in [2.75, 3.05) is 18.9 Å². The highest BCUT2D eigenvalue weighted by Gasteiger charge is 2.14. The van der Waals surface area contributed by atoms with E-state index in [0.29, 0.717) is 11.6 Å². The van der Waals surface area contributed by atoms with Crippen LogP contribution in [0.2, 0.25) is 0 Å². The van der Waals surface area contributed by atoms with Crippen LogP contribution < -0.4 is 5.32 Å². The highest BCUT2D eigenvalue weighted by Crippen LogP contribution is 2.14. The molecular formula is C14H17N5O3. The Morgan fingerprint density at radius 3 is 2.82 bits per heavy atom. The van der Waals surface area contributed by atoms with Gasteiger partial charge in [-0.3, -0.25) is 10.1 Å². The smallest absolute Gasteiger partial charge is 0.322 e. The molecule has 0 fully saturated rings. The predicted molar refractivity (Wildman–Crippen MR) is 80.0 cm³/mol. The zero-order valence-electron chi connectivity index (χ0n) is 12.4. The van der Waals surface area contributed by atoms with E-state index in [-0.39, 0.29) is 13.0 Å². The average Bonchev–Trinajstić information content (AvgIpc) is 2.92. The fourth-order valence-corrected chi connectivity index (χ4v) is 1.79. The van der Waals surface area contributed by atoms with E-state index in [9.17, 15) is 9.59 Å². The standard InChI is InChI=1S/C14H17N5O3/c1-10-3-6-15-12(9-10)19-11(4-7-16-19)17-14(22)18(2)8-5-13(20)21/h3-4,6-7,9H,5,8H2,1-2H3,(H,17,22)(H,20,21). The van der Waals surface area contributed by atoms with Gasteiger partial charge < -0.3 is 10.0 Å². The third-order valence-electron chi connectivity index (χ3n) is 3.00. The largest absolute Gasteiger partial charge is 0.481 e. The summed E-state index contributed by atoms with van der Waals surface area (Å²) in [4.78, 5) is 28.1. The zero-order valence-corrected chi connectivity index (χ0v) is 12.4. The van der Waals surface area contributed by atoms with Crippen LogP contribution in [0.1, 0.15) is 12.0 Å². The molecule has 2 aromatic rings. The Bertz CT molecular complexity index is 683. The second-order valence-electron chi connectivity index (χ2n) is 4.82. The Labute approximate surface area is 127 Å². The fraction of sp³-hybridized carbons (Fsp3) is 0.286. The topological polar surface area (TPSA) is 100 Å². The number of carboxylic acids is 1. The summed E-state index contributed by atoms with van der Waals surface area (Å²) in [6.45, 7) is 2.06. The van der Waals surface area contributed by atoms with Crippen molar-refractivity contribution in [1.82, 2.24) is 19.7 Å². The van der Waals surface area contributed by atoms with E-state index >= 15 is 0 Å². The molecule has 2 aromatic heterocycles. The molecular weight excluding hydrogens is 286 g/mol. The molecule has 0 saturated carbocycles. The first-order valence-electron chi connectivity index (χ1n) is 6.68. The maximum atomic E-state index is 12.0. The van der Waals surface area contributed by atoms with Gasteiger partial charge in [-0.25, -0.2) is 9.78 Å². The minimum atomic E-state index is -0.950. The Hall–Kier alpha value is -2.90. The number of urea groups is 1. The lowest BCUT2D eigenvalue weighted by Crippen LogP contribution is -2.33. The molecule has 0 aliphatic carbocycles. The number of hydrogen-bond acceptors (Lipinski definition) is 4. The van der Waals surface area contributed by atoms with Crippen molar-refractivity contribution >= 4 is 17.8 Å². The second-order valence-corrected chi connectivity index (χ2v) is 4.82. The highest BCUT2D eigenvalue weighted by atomic mass is 16.4. The number of aromatic nitrogens is 3. The summed E-state index contributed by atoms with van der Waals surface area (Å²) in [5.74, 6) is 0.104. The summed E-state index contributed by atoms with van der Waals surface area (Å²) in [5.41, 5.74) is 1.02. The van der Waals surface area contributed by atoms with E-state index in [2.05, 4.69) is 15.4 Å². The number of pyridine rings is 1. The second kappa shape index (κ2) is 6.70. The fourth-order valence-electron chi connectivity index (χ4n) is 1.79. The molecule has 2 heterocycles. The Kier molecular flexibility index (Phi) is 4.72. The van der Waals surface area contributed by atoms with Crippen LogP contribution in [-0.4, -0.2) is 50.4 Å². The molecule has 2 N–H and O–H groups in total. The predicted octanol–water partition coefficient (Wildman–Crippen LogP) is 1.51. The van der Waals surface area contributed by atoms with Crippen LogP contribution >= 0.6 is 0 Å². The first-order valence-corrected chi connectivity index (χ1v) is 6.68. The van der Waals surface area contributed by atoms with Gasteiger partial charge >= 0.3 is 12.0 Å². The maximum Gasteiger partial charge on any atom is 0.322 e. The number of carboxylic acid groups (broad SMARTS) is 1. The molecule has 0 atom stereocenters. The number of carbonyl (C=O) groups excluding carboxylic acids is 1. The molecule has 2 amide bonds. The maximum absolute atomic E-state index is 12.0. The molecule has 0 radical (unpaired) electrons. The van der Waals surface area contributed by atoms with Gasteiger partial charge in [-0.1, -0.05) is 0 Å². The van der Waals surface area contributed by atoms with Crippen molar-refractivity contribution in [2.45, 2.75) is 13.3 Å². The van der Waals surface area contributed by atoms with Gasteiger partial charge in [0.2, 0.25) is 0 Å². The van der Waals surface area contributed by atoms with Crippen LogP contribution in [0.4, 0.5) is 10.6 Å². The summed E-state index contributed by atoms with van der Waals surface area (Å²) < 4.78 is 1.51. The van der Waals surface area contributed by atoms with Crippen molar-refractivity contribution in [2.24, 2.45) is 0 Å². The molecule has 116 valence electrons. The lowest BCUT2D eigenvalue weighted by atomic mass is 10.3. The van der Waals surface area contributed by atoms with E-state index in [4.69, 9.17) is 5.11 Å². The van der Waals surface area contributed by atoms with Crippen molar-refractivity contribution in [1.29, 1.82) is 0 Å². The molecule has 2 rings (SSSR count). The number of amides is 2. The monoisotopic (exact) mass is 303 g/mol. The SMILES string of the molecule is Cc1ccnc(-n2nccc2NC(=O)N(C)CCC(=O)O)c1. The third kappa shape index (κ3) is 3.81. The van der Waals surface area contributed by atoms with E-state index in [1.165, 1.54) is 16.6 Å². The van der Waals surface area contributed by atoms with Crippen LogP contribution in [0.15, 0.2) is 30.6 Å². The van der Waals surface area contributed by atoms with Crippen molar-refractivity contribution in [3.63, 3.8) is 0 Å². The van der Waals surface area contributed by atoms with Crippen molar-refractivity contribution in [3.05, 3.63) is 36.2 Å². The Morgan fingerprint density at radius 1 is 1.36 bits per heavy atom. The van der Waals surface area contributed by atoms with Crippen LogP contribution in [0, 0.1) is 6.92 Å². The number of carbonyl (C=O) groups is 2. The molecule has 0 spiro atoms. The van der Waals surface area contributed by atoms with Crippen LogP contribution in [0.3, 0.4) is 0 Å². The first-order chi connectivity index (χ1) is 10.5. The van der Waals surface area contributed by atoms with Gasteiger partial charge in [-0.05, 0) is 24.6 Å². The first kappa shape index (κ1) is 15.5. The van der Waals surface area contributed by atoms with E-state index in [0.717, 1.165) is 5.56 Å². The van der Waals surface area contributed by atoms with E-state index < -0.39 is 12.0 Å². The number of aliphatic carboxylic acids is 1. The molecule has 0 unspecified atom stereocenters. The molecule has 8 heteroatoms. The van der Waals surface area contributed by atoms with Gasteiger partial charge in [0, 0.05) is 25.9 Å². The van der Waals surface area contributed by atoms with E-state index in [1.807, 2.05) is 19.1 Å². The zero-order chi connectivity index (χ0) is 16.1. The lowest BCUT2D eigenvalue weighted by Gasteiger charge is -2.17. The summed E-state index contributed by atoms with van der Waals surface area (Å²) in [5, 5.41) is 15.5. The molecule has 0 saturated heterocycles. The summed E-state index contributed by atoms with van der Waals surface area (Å²) in [6.07, 6.45) is 3.11. The van der Waals surface area contributed by atoms with Gasteiger partial charge in [0.1, 0.15) is 5.82 Å². The Morgan fingerprint density at radius 2 is 2.14 bits per heavy atom. The number of hydrogen-bond donors (Lipinski definition) is 2. The van der Waals surface area contributed by atoms with Crippen molar-refractivity contribution in [3.8, 4) is 5.82 Å². The summed E-state index contributed by atoms with van der Waals surface area (Å²) in [7, 11) is 1.53. The van der Waals surface area contributed by atoms with Gasteiger partial charge in [0.15, 0.2) is 5.82 Å². The quantitative estimate of drug-likeness (QED) is 0.872. The third-order valence-corrected chi connectivity index (χ3v) is 3.00. The molecule has 0 bridgehead atoms. The van der Waals surface area contributed by atoms with Crippen LogP contribution in [-0.2, 0) is 4.79 Å². The molecule has 0 aliphatic heterocycles. The summed E-state index contributed by atoms with van der Waals surface area (Å²) >= 11 is 0. The minimum absolute atomic E-state index is 0.109. The van der Waals surface area contributed by atoms with E-state index in [1.54, 1.807) is 18.5 Å². The van der Waals surface area contributed by atoms with Crippen LogP contribution in [0.5, 0.6) is 0 Å². The van der Waals surface area contributed by atoms with Gasteiger partial charge in [0.25, 0.3) is 0 Å². The molecule has 0 aliphatic rings. The number of rotatable bonds is 5. The highest BCUT2D eigenvalue weighted by molar-refractivity contribution is 5.88. The number of nitrogens with zero attached hydrogens (tertiary/aromatic N) is 4. The number of nitrogens with one attached hydrogen (secondary N) is 1. The average molecular weight is 303 g/mol. The minimum Gasteiger partial charge on any atom is -0.481 e. The molecule has 8 nitrogen and oxygen atoms in total. The van der Waals surface area contributed by atoms with Crippen LogP contribution in [0.25, 0.3) is 5.82 Å².